The highest BCUT2D eigenvalue weighted by molar-refractivity contribution is 5.79. The number of hydrogen-bond acceptors (Lipinski definition) is 3. The molecule has 0 radical (unpaired) electrons. The van der Waals surface area contributed by atoms with E-state index in [0.29, 0.717) is 0 Å². The number of rotatable bonds is 2. The first-order valence-corrected chi connectivity index (χ1v) is 5.88. The van der Waals surface area contributed by atoms with E-state index in [1.807, 2.05) is 0 Å². The molecule has 0 unspecified atom stereocenters. The smallest absolute Gasteiger partial charge is 0.407 e. The Labute approximate surface area is 101 Å². The highest BCUT2D eigenvalue weighted by Gasteiger charge is 2.35. The van der Waals surface area contributed by atoms with Gasteiger partial charge in [0.15, 0.2) is 0 Å². The molecule has 0 spiro atoms. The highest BCUT2D eigenvalue weighted by atomic mass is 19.1. The molecule has 0 aromatic heterocycles. The maximum Gasteiger partial charge on any atom is 0.407 e. The first-order valence-electron chi connectivity index (χ1n) is 5.88. The lowest BCUT2D eigenvalue weighted by molar-refractivity contribution is -0.122. The van der Waals surface area contributed by atoms with Gasteiger partial charge in [-0.25, -0.2) is 9.18 Å². The van der Waals surface area contributed by atoms with Gasteiger partial charge in [0.2, 0.25) is 0 Å². The van der Waals surface area contributed by atoms with Crippen LogP contribution in [0.1, 0.15) is 46.5 Å². The van der Waals surface area contributed by atoms with Crippen LogP contribution in [0.2, 0.25) is 0 Å². The van der Waals surface area contributed by atoms with E-state index in [2.05, 4.69) is 5.32 Å². The van der Waals surface area contributed by atoms with E-state index in [9.17, 15) is 14.0 Å². The molecule has 0 aromatic carbocycles. The lowest BCUT2D eigenvalue weighted by Gasteiger charge is -2.29. The van der Waals surface area contributed by atoms with Crippen LogP contribution in [0, 0.1) is 0 Å². The molecule has 0 saturated heterocycles. The van der Waals surface area contributed by atoms with E-state index < -0.39 is 17.4 Å². The number of carbonyl (C=O) groups excluding carboxylic acids is 2. The van der Waals surface area contributed by atoms with Gasteiger partial charge < -0.3 is 10.1 Å². The number of hydrogen-bond donors (Lipinski definition) is 1. The molecule has 1 fully saturated rings. The number of amides is 1. The van der Waals surface area contributed by atoms with Crippen molar-refractivity contribution in [3.05, 3.63) is 0 Å². The quantitative estimate of drug-likeness (QED) is 0.812. The van der Waals surface area contributed by atoms with Crippen LogP contribution in [0.25, 0.3) is 0 Å². The van der Waals surface area contributed by atoms with E-state index >= 15 is 0 Å². The molecule has 0 atom stereocenters. The number of carbonyl (C=O) groups is 2. The number of alkyl carbamates (subject to hydrolysis) is 1. The van der Waals surface area contributed by atoms with E-state index in [1.54, 1.807) is 20.8 Å². The van der Waals surface area contributed by atoms with Crippen LogP contribution in [0.4, 0.5) is 9.18 Å². The van der Waals surface area contributed by atoms with Crippen molar-refractivity contribution < 1.29 is 18.7 Å². The largest absolute Gasteiger partial charge is 0.444 e. The summed E-state index contributed by atoms with van der Waals surface area (Å²) in [6.07, 6.45) is 0.258. The average molecular weight is 245 g/mol. The number of halogens is 1. The zero-order chi connectivity index (χ0) is 13.1. The Bertz CT molecular complexity index is 299. The van der Waals surface area contributed by atoms with Gasteiger partial charge in [-0.1, -0.05) is 0 Å². The molecule has 1 aliphatic carbocycles. The van der Waals surface area contributed by atoms with Crippen molar-refractivity contribution in [2.24, 2.45) is 0 Å². The monoisotopic (exact) mass is 245 g/mol. The van der Waals surface area contributed by atoms with Crippen molar-refractivity contribution in [2.75, 3.05) is 6.54 Å². The lowest BCUT2D eigenvalue weighted by atomic mass is 9.86. The number of ketones is 1. The fourth-order valence-electron chi connectivity index (χ4n) is 1.70. The topological polar surface area (TPSA) is 55.4 Å². The molecular weight excluding hydrogens is 225 g/mol. The number of alkyl halides is 1. The van der Waals surface area contributed by atoms with E-state index in [1.165, 1.54) is 0 Å². The molecule has 0 aliphatic heterocycles. The number of ether oxygens (including phenoxy) is 1. The lowest BCUT2D eigenvalue weighted by Crippen LogP contribution is -2.43. The predicted molar refractivity (Wildman–Crippen MR) is 61.6 cm³/mol. The minimum Gasteiger partial charge on any atom is -0.444 e. The second kappa shape index (κ2) is 5.02. The van der Waals surface area contributed by atoms with Crippen LogP contribution >= 0.6 is 0 Å². The molecule has 17 heavy (non-hydrogen) atoms. The minimum absolute atomic E-state index is 0.0881. The standard InChI is InChI=1S/C12H20FNO3/c1-11(2,3)17-10(16)14-8-12(13)6-4-9(15)5-7-12/h4-8H2,1-3H3,(H,14,16). The Morgan fingerprint density at radius 2 is 1.94 bits per heavy atom. The summed E-state index contributed by atoms with van der Waals surface area (Å²) in [5, 5.41) is 2.42. The first-order chi connectivity index (χ1) is 7.70. The molecule has 5 heteroatoms. The summed E-state index contributed by atoms with van der Waals surface area (Å²) in [6.45, 7) is 5.15. The minimum atomic E-state index is -1.47. The van der Waals surface area contributed by atoms with Crippen molar-refractivity contribution in [3.8, 4) is 0 Å². The SMILES string of the molecule is CC(C)(C)OC(=O)NCC1(F)CCC(=O)CC1. The van der Waals surface area contributed by atoms with Crippen molar-refractivity contribution in [1.82, 2.24) is 5.32 Å². The van der Waals surface area contributed by atoms with Crippen molar-refractivity contribution >= 4 is 11.9 Å². The molecule has 4 nitrogen and oxygen atoms in total. The van der Waals surface area contributed by atoms with Crippen LogP contribution < -0.4 is 5.32 Å². The van der Waals surface area contributed by atoms with Crippen molar-refractivity contribution in [3.63, 3.8) is 0 Å². The van der Waals surface area contributed by atoms with Gasteiger partial charge in [-0.3, -0.25) is 4.79 Å². The Morgan fingerprint density at radius 1 is 1.41 bits per heavy atom. The Balaban J connectivity index is 2.35. The normalized spacial score (nSPS) is 19.9. The summed E-state index contributed by atoms with van der Waals surface area (Å²) in [5.41, 5.74) is -2.05. The Morgan fingerprint density at radius 3 is 2.41 bits per heavy atom. The van der Waals surface area contributed by atoms with Gasteiger partial charge >= 0.3 is 6.09 Å². The molecule has 98 valence electrons. The second-order valence-electron chi connectivity index (χ2n) is 5.55. The summed E-state index contributed by atoms with van der Waals surface area (Å²) in [4.78, 5) is 22.3. The molecule has 0 heterocycles. The van der Waals surface area contributed by atoms with Crippen molar-refractivity contribution in [1.29, 1.82) is 0 Å². The third kappa shape index (κ3) is 5.15. The van der Waals surface area contributed by atoms with Crippen LogP contribution in [0.15, 0.2) is 0 Å². The van der Waals surface area contributed by atoms with E-state index in [4.69, 9.17) is 4.74 Å². The Kier molecular flexibility index (Phi) is 4.11. The van der Waals surface area contributed by atoms with Crippen LogP contribution in [-0.2, 0) is 9.53 Å². The molecule has 0 bridgehead atoms. The average Bonchev–Trinajstić information content (AvgIpc) is 2.18. The fraction of sp³-hybridized carbons (Fsp3) is 0.833. The van der Waals surface area contributed by atoms with Gasteiger partial charge in [-0.15, -0.1) is 0 Å². The Hall–Kier alpha value is -1.13. The summed E-state index contributed by atoms with van der Waals surface area (Å²) < 4.78 is 19.1. The van der Waals surface area contributed by atoms with Gasteiger partial charge in [0.25, 0.3) is 0 Å². The van der Waals surface area contributed by atoms with Crippen LogP contribution in [0.5, 0.6) is 0 Å². The van der Waals surface area contributed by atoms with Gasteiger partial charge in [0.05, 0.1) is 6.54 Å². The first kappa shape index (κ1) is 13.9. The van der Waals surface area contributed by atoms with Crippen molar-refractivity contribution in [2.45, 2.75) is 57.7 Å². The summed E-state index contributed by atoms with van der Waals surface area (Å²) in [5.74, 6) is 0.0931. The van der Waals surface area contributed by atoms with Crippen LogP contribution in [0.3, 0.4) is 0 Å². The maximum atomic E-state index is 14.1. The predicted octanol–water partition coefficient (Wildman–Crippen LogP) is 2.36. The fourth-order valence-corrected chi connectivity index (χ4v) is 1.70. The maximum absolute atomic E-state index is 14.1. The van der Waals surface area contributed by atoms with Gasteiger partial charge in [0, 0.05) is 12.8 Å². The van der Waals surface area contributed by atoms with E-state index in [-0.39, 0.29) is 38.0 Å². The zero-order valence-corrected chi connectivity index (χ0v) is 10.6. The molecule has 1 amide bonds. The number of Topliss-reactive ketones (excluding diaryl/α,β-unsaturated/α-hetero) is 1. The van der Waals surface area contributed by atoms with Crippen LogP contribution in [-0.4, -0.2) is 29.7 Å². The number of nitrogens with one attached hydrogen (secondary N) is 1. The third-order valence-electron chi connectivity index (χ3n) is 2.65. The highest BCUT2D eigenvalue weighted by Crippen LogP contribution is 2.29. The zero-order valence-electron chi connectivity index (χ0n) is 10.6. The molecule has 1 N–H and O–H groups in total. The molecular formula is C12H20FNO3. The summed E-state index contributed by atoms with van der Waals surface area (Å²) >= 11 is 0. The van der Waals surface area contributed by atoms with Gasteiger partial charge in [0.1, 0.15) is 17.1 Å². The summed E-state index contributed by atoms with van der Waals surface area (Å²) in [7, 11) is 0. The second-order valence-corrected chi connectivity index (χ2v) is 5.55. The molecule has 1 rings (SSSR count). The molecule has 1 aliphatic rings. The molecule has 1 saturated carbocycles. The van der Waals surface area contributed by atoms with E-state index in [0.717, 1.165) is 0 Å². The third-order valence-corrected chi connectivity index (χ3v) is 2.65. The molecule has 0 aromatic rings. The van der Waals surface area contributed by atoms with Gasteiger partial charge in [-0.2, -0.15) is 0 Å². The summed E-state index contributed by atoms with van der Waals surface area (Å²) in [6, 6.07) is 0. The van der Waals surface area contributed by atoms with Gasteiger partial charge in [-0.05, 0) is 33.6 Å².